The van der Waals surface area contributed by atoms with Crippen LogP contribution in [-0.2, 0) is 25.9 Å². The fourth-order valence-corrected chi connectivity index (χ4v) is 5.36. The van der Waals surface area contributed by atoms with Gasteiger partial charge in [0.15, 0.2) is 14.6 Å². The quantitative estimate of drug-likeness (QED) is 0.355. The molecule has 31 heavy (non-hydrogen) atoms. The molecular formula is C20H21N3O6S2. The lowest BCUT2D eigenvalue weighted by atomic mass is 10.3. The summed E-state index contributed by atoms with van der Waals surface area (Å²) in [7, 11) is -1.92. The van der Waals surface area contributed by atoms with Crippen LogP contribution in [0.15, 0.2) is 58.4 Å². The number of benzene rings is 2. The SMILES string of the molecule is COCCn1c(=NC(=O)CCCS(=O)(=O)c2ccccc2)sc2ccc([N+](=O)[O-])cc21. The van der Waals surface area contributed by atoms with E-state index in [0.29, 0.717) is 23.5 Å². The minimum Gasteiger partial charge on any atom is -0.383 e. The van der Waals surface area contributed by atoms with Gasteiger partial charge in [0.25, 0.3) is 5.69 Å². The van der Waals surface area contributed by atoms with Crippen molar-refractivity contribution in [2.24, 2.45) is 4.99 Å². The lowest BCUT2D eigenvalue weighted by Crippen LogP contribution is -2.19. The third kappa shape index (κ3) is 5.63. The number of nitro benzene ring substituents is 1. The van der Waals surface area contributed by atoms with E-state index in [1.54, 1.807) is 28.8 Å². The van der Waals surface area contributed by atoms with Gasteiger partial charge in [0.1, 0.15) is 0 Å². The molecule has 0 N–H and O–H groups in total. The molecule has 0 aliphatic heterocycles. The van der Waals surface area contributed by atoms with Crippen LogP contribution in [0.2, 0.25) is 0 Å². The van der Waals surface area contributed by atoms with Crippen molar-refractivity contribution in [3.63, 3.8) is 0 Å². The molecule has 164 valence electrons. The molecule has 0 fully saturated rings. The summed E-state index contributed by atoms with van der Waals surface area (Å²) in [5.41, 5.74) is 0.537. The zero-order valence-corrected chi connectivity index (χ0v) is 18.4. The van der Waals surface area contributed by atoms with Crippen LogP contribution in [-0.4, -0.2) is 43.3 Å². The molecule has 0 atom stereocenters. The molecule has 0 unspecified atom stereocenters. The lowest BCUT2D eigenvalue weighted by Gasteiger charge is -2.04. The van der Waals surface area contributed by atoms with Gasteiger partial charge in [-0.15, -0.1) is 0 Å². The van der Waals surface area contributed by atoms with Crippen LogP contribution in [0.4, 0.5) is 5.69 Å². The Balaban J connectivity index is 1.80. The second-order valence-electron chi connectivity index (χ2n) is 6.68. The van der Waals surface area contributed by atoms with E-state index < -0.39 is 20.7 Å². The number of aromatic nitrogens is 1. The standard InChI is InChI=1S/C20H21N3O6S2/c1-29-12-11-22-17-14-15(23(25)26)9-10-18(17)30-20(22)21-19(24)8-5-13-31(27,28)16-6-3-2-4-7-16/h2-4,6-7,9-10,14H,5,8,11-13H2,1H3. The molecule has 0 saturated heterocycles. The normalized spacial score (nSPS) is 12.4. The van der Waals surface area contributed by atoms with E-state index >= 15 is 0 Å². The predicted octanol–water partition coefficient (Wildman–Crippen LogP) is 2.94. The number of non-ortho nitro benzene ring substituents is 1. The van der Waals surface area contributed by atoms with Gasteiger partial charge in [0.05, 0.1) is 32.4 Å². The summed E-state index contributed by atoms with van der Waals surface area (Å²) < 4.78 is 32.2. The number of nitro groups is 1. The second kappa shape index (κ2) is 9.94. The van der Waals surface area contributed by atoms with Crippen molar-refractivity contribution in [3.8, 4) is 0 Å². The van der Waals surface area contributed by atoms with Crippen molar-refractivity contribution in [1.82, 2.24) is 4.57 Å². The molecule has 1 amide bonds. The lowest BCUT2D eigenvalue weighted by molar-refractivity contribution is -0.384. The van der Waals surface area contributed by atoms with Gasteiger partial charge in [-0.25, -0.2) is 8.42 Å². The first-order valence-electron chi connectivity index (χ1n) is 9.44. The van der Waals surface area contributed by atoms with Crippen molar-refractivity contribution in [3.05, 3.63) is 63.4 Å². The maximum absolute atomic E-state index is 12.4. The number of nitrogens with zero attached hydrogens (tertiary/aromatic N) is 3. The van der Waals surface area contributed by atoms with Crippen molar-refractivity contribution < 1.29 is 22.9 Å². The van der Waals surface area contributed by atoms with Gasteiger partial charge in [0.2, 0.25) is 5.91 Å². The third-order valence-corrected chi connectivity index (χ3v) is 7.40. The highest BCUT2D eigenvalue weighted by molar-refractivity contribution is 7.91. The monoisotopic (exact) mass is 463 g/mol. The molecule has 3 rings (SSSR count). The number of hydrogen-bond acceptors (Lipinski definition) is 7. The average molecular weight is 464 g/mol. The molecule has 0 aliphatic rings. The first kappa shape index (κ1) is 22.8. The van der Waals surface area contributed by atoms with E-state index in [-0.39, 0.29) is 29.2 Å². The highest BCUT2D eigenvalue weighted by atomic mass is 32.2. The van der Waals surface area contributed by atoms with Gasteiger partial charge in [-0.2, -0.15) is 4.99 Å². The van der Waals surface area contributed by atoms with Crippen molar-refractivity contribution in [1.29, 1.82) is 0 Å². The van der Waals surface area contributed by atoms with Gasteiger partial charge in [0, 0.05) is 32.2 Å². The summed E-state index contributed by atoms with van der Waals surface area (Å²) in [6.07, 6.45) is 0.124. The molecule has 0 saturated carbocycles. The average Bonchev–Trinajstić information content (AvgIpc) is 3.08. The van der Waals surface area contributed by atoms with Crippen molar-refractivity contribution >= 4 is 43.0 Å². The molecule has 2 aromatic carbocycles. The number of hydrogen-bond donors (Lipinski definition) is 0. The molecule has 3 aromatic rings. The van der Waals surface area contributed by atoms with Crippen LogP contribution in [0, 0.1) is 10.1 Å². The number of thiazole rings is 1. The number of sulfone groups is 1. The Kier molecular flexibility index (Phi) is 7.31. The van der Waals surface area contributed by atoms with Gasteiger partial charge in [-0.05, 0) is 24.6 Å². The summed E-state index contributed by atoms with van der Waals surface area (Å²) in [5, 5.41) is 11.1. The molecule has 0 spiro atoms. The smallest absolute Gasteiger partial charge is 0.271 e. The number of carbonyl (C=O) groups excluding carboxylic acids is 1. The van der Waals surface area contributed by atoms with Crippen LogP contribution < -0.4 is 4.80 Å². The predicted molar refractivity (Wildman–Crippen MR) is 117 cm³/mol. The first-order chi connectivity index (χ1) is 14.8. The molecule has 0 radical (unpaired) electrons. The van der Waals surface area contributed by atoms with Gasteiger partial charge in [-0.1, -0.05) is 29.5 Å². The Morgan fingerprint density at radius 1 is 1.23 bits per heavy atom. The molecule has 1 heterocycles. The van der Waals surface area contributed by atoms with E-state index in [1.807, 2.05) is 0 Å². The Bertz CT molecular complexity index is 1260. The van der Waals surface area contributed by atoms with E-state index in [2.05, 4.69) is 4.99 Å². The van der Waals surface area contributed by atoms with Gasteiger partial charge >= 0.3 is 0 Å². The van der Waals surface area contributed by atoms with Crippen LogP contribution in [0.25, 0.3) is 10.2 Å². The summed E-state index contributed by atoms with van der Waals surface area (Å²) >= 11 is 1.24. The first-order valence-corrected chi connectivity index (χ1v) is 11.9. The minimum atomic E-state index is -3.46. The number of carbonyl (C=O) groups is 1. The van der Waals surface area contributed by atoms with Gasteiger partial charge < -0.3 is 9.30 Å². The molecular weight excluding hydrogens is 442 g/mol. The van der Waals surface area contributed by atoms with E-state index in [1.165, 1.54) is 42.7 Å². The number of fused-ring (bicyclic) bond motifs is 1. The highest BCUT2D eigenvalue weighted by Crippen LogP contribution is 2.23. The molecule has 9 nitrogen and oxygen atoms in total. The molecule has 0 aliphatic carbocycles. The van der Waals surface area contributed by atoms with Gasteiger partial charge in [-0.3, -0.25) is 14.9 Å². The summed E-state index contributed by atoms with van der Waals surface area (Å²) in [4.78, 5) is 27.8. The Morgan fingerprint density at radius 3 is 2.65 bits per heavy atom. The minimum absolute atomic E-state index is 0.0231. The van der Waals surface area contributed by atoms with E-state index in [0.717, 1.165) is 4.70 Å². The Morgan fingerprint density at radius 2 is 1.97 bits per heavy atom. The fraction of sp³-hybridized carbons (Fsp3) is 0.300. The summed E-state index contributed by atoms with van der Waals surface area (Å²) in [6, 6.07) is 12.6. The fourth-order valence-electron chi connectivity index (χ4n) is 2.98. The van der Waals surface area contributed by atoms with Crippen molar-refractivity contribution in [2.75, 3.05) is 19.5 Å². The maximum Gasteiger partial charge on any atom is 0.271 e. The highest BCUT2D eigenvalue weighted by Gasteiger charge is 2.16. The Labute approximate surface area is 182 Å². The van der Waals surface area contributed by atoms with Crippen LogP contribution in [0.5, 0.6) is 0 Å². The van der Waals surface area contributed by atoms with Crippen molar-refractivity contribution in [2.45, 2.75) is 24.3 Å². The zero-order chi connectivity index (χ0) is 22.4. The number of methoxy groups -OCH3 is 1. The number of ether oxygens (including phenoxy) is 1. The molecule has 11 heteroatoms. The third-order valence-electron chi connectivity index (χ3n) is 4.52. The maximum atomic E-state index is 12.4. The number of amides is 1. The molecule has 1 aromatic heterocycles. The summed E-state index contributed by atoms with van der Waals surface area (Å²) in [6.45, 7) is 0.706. The van der Waals surface area contributed by atoms with E-state index in [9.17, 15) is 23.3 Å². The van der Waals surface area contributed by atoms with E-state index in [4.69, 9.17) is 4.74 Å². The zero-order valence-electron chi connectivity index (χ0n) is 16.8. The van der Waals surface area contributed by atoms with Crippen LogP contribution in [0.3, 0.4) is 0 Å². The largest absolute Gasteiger partial charge is 0.383 e. The topological polar surface area (TPSA) is 121 Å². The second-order valence-corrected chi connectivity index (χ2v) is 9.80. The van der Waals surface area contributed by atoms with Crippen LogP contribution in [0.1, 0.15) is 12.8 Å². The summed E-state index contributed by atoms with van der Waals surface area (Å²) in [5.74, 6) is -0.601. The number of rotatable bonds is 9. The van der Waals surface area contributed by atoms with Crippen LogP contribution >= 0.6 is 11.3 Å². The Hall–Kier alpha value is -2.89. The molecule has 0 bridgehead atoms.